The lowest BCUT2D eigenvalue weighted by Crippen LogP contribution is -2.47. The summed E-state index contributed by atoms with van der Waals surface area (Å²) < 4.78 is 4.68. The van der Waals surface area contributed by atoms with E-state index in [1.165, 1.54) is 7.11 Å². The first-order valence-corrected chi connectivity index (χ1v) is 5.58. The van der Waals surface area contributed by atoms with Crippen LogP contribution in [0.15, 0.2) is 42.5 Å². The number of nitrogens with zero attached hydrogens (tertiary/aromatic N) is 1. The summed E-state index contributed by atoms with van der Waals surface area (Å²) in [4.78, 5) is 34.7. The minimum atomic E-state index is -0.918. The number of ether oxygens (including phenoxy) is 1. The number of hydrazine groups is 1. The average Bonchev–Trinajstić information content (AvgIpc) is 2.76. The summed E-state index contributed by atoms with van der Waals surface area (Å²) in [5, 5.41) is 0.786. The molecule has 0 aliphatic carbocycles. The zero-order valence-corrected chi connectivity index (χ0v) is 10.2. The molecule has 2 rings (SSSR count). The molecule has 19 heavy (non-hydrogen) atoms. The number of hydrogen-bond donors (Lipinski definition) is 1. The molecule has 0 aromatic heterocycles. The van der Waals surface area contributed by atoms with Gasteiger partial charge in [0.15, 0.2) is 0 Å². The normalized spacial score (nSPS) is 15.7. The maximum Gasteiger partial charge on any atom is 0.329 e. The fraction of sp³-hybridized carbons (Fsp3) is 0.154. The Labute approximate surface area is 109 Å². The topological polar surface area (TPSA) is 75.7 Å². The van der Waals surface area contributed by atoms with Crippen LogP contribution in [0.25, 0.3) is 0 Å². The van der Waals surface area contributed by atoms with Crippen molar-refractivity contribution in [3.05, 3.63) is 48.0 Å². The molecule has 1 aliphatic rings. The third-order valence-electron chi connectivity index (χ3n) is 2.64. The predicted octanol–water partition coefficient (Wildman–Crippen LogP) is 0.330. The molecular weight excluding hydrogens is 248 g/mol. The number of rotatable bonds is 4. The van der Waals surface area contributed by atoms with Crippen LogP contribution in [0, 0.1) is 0 Å². The fourth-order valence-electron chi connectivity index (χ4n) is 1.68. The third kappa shape index (κ3) is 2.69. The quantitative estimate of drug-likeness (QED) is 0.623. The van der Waals surface area contributed by atoms with E-state index >= 15 is 0 Å². The Balaban J connectivity index is 2.23. The average molecular weight is 260 g/mol. The lowest BCUT2D eigenvalue weighted by molar-refractivity contribution is -0.149. The summed E-state index contributed by atoms with van der Waals surface area (Å²) >= 11 is 0. The molecule has 2 amide bonds. The van der Waals surface area contributed by atoms with E-state index < -0.39 is 23.8 Å². The number of nitrogens with one attached hydrogen (secondary N) is 1. The van der Waals surface area contributed by atoms with Gasteiger partial charge in [-0.15, -0.1) is 0 Å². The molecule has 1 heterocycles. The van der Waals surface area contributed by atoms with E-state index in [1.54, 1.807) is 30.3 Å². The van der Waals surface area contributed by atoms with E-state index in [2.05, 4.69) is 10.2 Å². The Morgan fingerprint density at radius 3 is 2.26 bits per heavy atom. The van der Waals surface area contributed by atoms with Crippen LogP contribution in [-0.2, 0) is 19.1 Å². The van der Waals surface area contributed by atoms with Crippen LogP contribution < -0.4 is 5.43 Å². The smallest absolute Gasteiger partial charge is 0.329 e. The van der Waals surface area contributed by atoms with Crippen molar-refractivity contribution < 1.29 is 19.1 Å². The summed E-state index contributed by atoms with van der Waals surface area (Å²) in [5.74, 6) is -1.62. The van der Waals surface area contributed by atoms with Crippen molar-refractivity contribution in [3.63, 3.8) is 0 Å². The number of esters is 1. The van der Waals surface area contributed by atoms with Crippen LogP contribution >= 0.6 is 0 Å². The number of carbonyl (C=O) groups is 3. The SMILES string of the molecule is COC(=O)C(NN1C(=O)C=CC1=O)c1ccccc1. The molecule has 98 valence electrons. The number of amides is 2. The highest BCUT2D eigenvalue weighted by Crippen LogP contribution is 2.16. The standard InChI is InChI=1S/C13H12N2O4/c1-19-13(18)12(9-5-3-2-4-6-9)14-15-10(16)7-8-11(15)17/h2-8,12,14H,1H3. The molecule has 0 radical (unpaired) electrons. The molecule has 1 aromatic carbocycles. The monoisotopic (exact) mass is 260 g/mol. The Morgan fingerprint density at radius 1 is 1.16 bits per heavy atom. The molecule has 1 aliphatic heterocycles. The fourth-order valence-corrected chi connectivity index (χ4v) is 1.68. The first kappa shape index (κ1) is 13.0. The van der Waals surface area contributed by atoms with Gasteiger partial charge in [0.2, 0.25) is 0 Å². The number of imide groups is 1. The molecule has 0 saturated carbocycles. The number of benzene rings is 1. The highest BCUT2D eigenvalue weighted by molar-refractivity contribution is 6.12. The molecule has 0 bridgehead atoms. The van der Waals surface area contributed by atoms with E-state index in [0.717, 1.165) is 17.2 Å². The molecule has 1 N–H and O–H groups in total. The minimum absolute atomic E-state index is 0.519. The van der Waals surface area contributed by atoms with Gasteiger partial charge in [0, 0.05) is 12.2 Å². The van der Waals surface area contributed by atoms with Gasteiger partial charge in [0.05, 0.1) is 7.11 Å². The Hall–Kier alpha value is -2.47. The van der Waals surface area contributed by atoms with Gasteiger partial charge in [0.25, 0.3) is 11.8 Å². The lowest BCUT2D eigenvalue weighted by Gasteiger charge is -2.22. The summed E-state index contributed by atoms with van der Waals surface area (Å²) in [5.41, 5.74) is 3.18. The molecule has 1 unspecified atom stereocenters. The van der Waals surface area contributed by atoms with Gasteiger partial charge < -0.3 is 4.74 Å². The molecule has 0 spiro atoms. The van der Waals surface area contributed by atoms with Crippen LogP contribution in [0.5, 0.6) is 0 Å². The van der Waals surface area contributed by atoms with Crippen molar-refractivity contribution >= 4 is 17.8 Å². The maximum absolute atomic E-state index is 11.8. The third-order valence-corrected chi connectivity index (χ3v) is 2.64. The molecule has 0 fully saturated rings. The summed E-state index contributed by atoms with van der Waals surface area (Å²) in [7, 11) is 1.24. The largest absolute Gasteiger partial charge is 0.468 e. The number of hydrogen-bond acceptors (Lipinski definition) is 5. The van der Waals surface area contributed by atoms with Gasteiger partial charge >= 0.3 is 5.97 Å². The van der Waals surface area contributed by atoms with Crippen LogP contribution in [-0.4, -0.2) is 29.9 Å². The Morgan fingerprint density at radius 2 is 1.74 bits per heavy atom. The van der Waals surface area contributed by atoms with Crippen LogP contribution in [0.1, 0.15) is 11.6 Å². The predicted molar refractivity (Wildman–Crippen MR) is 65.3 cm³/mol. The van der Waals surface area contributed by atoms with Crippen molar-refractivity contribution in [2.45, 2.75) is 6.04 Å². The first-order valence-electron chi connectivity index (χ1n) is 5.58. The maximum atomic E-state index is 11.8. The Kier molecular flexibility index (Phi) is 3.72. The van der Waals surface area contributed by atoms with Crippen molar-refractivity contribution in [2.75, 3.05) is 7.11 Å². The summed E-state index contributed by atoms with van der Waals surface area (Å²) in [6.07, 6.45) is 2.27. The highest BCUT2D eigenvalue weighted by Gasteiger charge is 2.30. The molecule has 6 nitrogen and oxygen atoms in total. The van der Waals surface area contributed by atoms with Crippen molar-refractivity contribution in [2.24, 2.45) is 0 Å². The van der Waals surface area contributed by atoms with Gasteiger partial charge in [0.1, 0.15) is 6.04 Å². The van der Waals surface area contributed by atoms with Crippen molar-refractivity contribution in [1.29, 1.82) is 0 Å². The molecule has 0 saturated heterocycles. The van der Waals surface area contributed by atoms with Gasteiger partial charge in [-0.05, 0) is 5.56 Å². The van der Waals surface area contributed by atoms with E-state index in [9.17, 15) is 14.4 Å². The van der Waals surface area contributed by atoms with Crippen LogP contribution in [0.2, 0.25) is 0 Å². The lowest BCUT2D eigenvalue weighted by atomic mass is 10.1. The molecule has 1 atom stereocenters. The summed E-state index contributed by atoms with van der Waals surface area (Å²) in [6, 6.07) is 7.78. The van der Waals surface area contributed by atoms with Gasteiger partial charge in [-0.2, -0.15) is 0 Å². The van der Waals surface area contributed by atoms with Crippen molar-refractivity contribution in [1.82, 2.24) is 10.4 Å². The van der Waals surface area contributed by atoms with Gasteiger partial charge in [-0.1, -0.05) is 30.3 Å². The van der Waals surface area contributed by atoms with Crippen LogP contribution in [0.3, 0.4) is 0 Å². The molecule has 6 heteroatoms. The second kappa shape index (κ2) is 5.45. The van der Waals surface area contributed by atoms with Crippen LogP contribution in [0.4, 0.5) is 0 Å². The number of carbonyl (C=O) groups excluding carboxylic acids is 3. The Bertz CT molecular complexity index is 521. The first-order chi connectivity index (χ1) is 9.13. The second-order valence-corrected chi connectivity index (χ2v) is 3.84. The van der Waals surface area contributed by atoms with E-state index in [1.807, 2.05) is 0 Å². The van der Waals surface area contributed by atoms with Crippen molar-refractivity contribution in [3.8, 4) is 0 Å². The van der Waals surface area contributed by atoms with Gasteiger partial charge in [-0.3, -0.25) is 9.59 Å². The van der Waals surface area contributed by atoms with E-state index in [0.29, 0.717) is 5.56 Å². The van der Waals surface area contributed by atoms with E-state index in [-0.39, 0.29) is 0 Å². The minimum Gasteiger partial charge on any atom is -0.468 e. The van der Waals surface area contributed by atoms with E-state index in [4.69, 9.17) is 0 Å². The summed E-state index contributed by atoms with van der Waals surface area (Å²) in [6.45, 7) is 0. The zero-order valence-electron chi connectivity index (χ0n) is 10.2. The number of methoxy groups -OCH3 is 1. The van der Waals surface area contributed by atoms with Gasteiger partial charge in [-0.25, -0.2) is 15.2 Å². The zero-order chi connectivity index (χ0) is 13.8. The second-order valence-electron chi connectivity index (χ2n) is 3.84. The molecular formula is C13H12N2O4. The highest BCUT2D eigenvalue weighted by atomic mass is 16.5. The molecule has 1 aromatic rings.